The number of hydrogen-bond donors (Lipinski definition) is 0. The van der Waals surface area contributed by atoms with E-state index < -0.39 is 17.7 Å². The molecule has 0 aliphatic carbocycles. The van der Waals surface area contributed by atoms with Crippen molar-refractivity contribution >= 4 is 34.7 Å². The smallest absolute Gasteiger partial charge is 0.483 e. The van der Waals surface area contributed by atoms with Crippen molar-refractivity contribution in [2.24, 2.45) is 0 Å². The average Bonchev–Trinajstić information content (AvgIpc) is 2.83. The fraction of sp³-hybridized carbons (Fsp3) is 0.517. The van der Waals surface area contributed by atoms with E-state index in [2.05, 4.69) is 34.4 Å². The van der Waals surface area contributed by atoms with Crippen molar-refractivity contribution in [2.45, 2.75) is 59.3 Å². The number of rotatable bonds is 6. The molecule has 38 heavy (non-hydrogen) atoms. The third-order valence-electron chi connectivity index (χ3n) is 7.13. The van der Waals surface area contributed by atoms with Crippen LogP contribution in [0, 0.1) is 23.2 Å². The number of ether oxygens (including phenoxy) is 3. The molecule has 0 radical (unpaired) electrons. The SMILES string of the molecule is COC(=O)c1cc(I)c(O[C@H](CN2CC[N+](C)(C(=O)OC(C)(C)C)[C@H](C)C2)c2ccc(C)c(F)c2)cc1C. The number of methoxy groups -OCH3 is 1. The predicted octanol–water partition coefficient (Wildman–Crippen LogP) is 6.04. The summed E-state index contributed by atoms with van der Waals surface area (Å²) < 4.78 is 32.7. The number of esters is 1. The molecule has 7 nitrogen and oxygen atoms in total. The Morgan fingerprint density at radius 2 is 1.87 bits per heavy atom. The Bertz CT molecular complexity index is 1200. The lowest BCUT2D eigenvalue weighted by molar-refractivity contribution is -0.867. The number of quaternary nitrogens is 1. The summed E-state index contributed by atoms with van der Waals surface area (Å²) in [5.41, 5.74) is 1.95. The van der Waals surface area contributed by atoms with Crippen LogP contribution in [0.15, 0.2) is 30.3 Å². The van der Waals surface area contributed by atoms with Crippen molar-refractivity contribution in [2.75, 3.05) is 40.3 Å². The number of nitrogens with zero attached hydrogens (tertiary/aromatic N) is 2. The second-order valence-electron chi connectivity index (χ2n) is 11.3. The van der Waals surface area contributed by atoms with E-state index in [1.165, 1.54) is 13.2 Å². The van der Waals surface area contributed by atoms with Crippen molar-refractivity contribution in [1.29, 1.82) is 0 Å². The van der Waals surface area contributed by atoms with Gasteiger partial charge in [0.2, 0.25) is 0 Å². The fourth-order valence-corrected chi connectivity index (χ4v) is 5.10. The van der Waals surface area contributed by atoms with Gasteiger partial charge in [-0.25, -0.2) is 13.7 Å². The van der Waals surface area contributed by atoms with Gasteiger partial charge in [0.1, 0.15) is 35.9 Å². The highest BCUT2D eigenvalue weighted by Gasteiger charge is 2.45. The first kappa shape index (κ1) is 30.3. The third-order valence-corrected chi connectivity index (χ3v) is 7.97. The van der Waals surface area contributed by atoms with E-state index in [9.17, 15) is 14.0 Å². The second-order valence-corrected chi connectivity index (χ2v) is 12.4. The number of likely N-dealkylation sites (N-methyl/N-ethyl adjacent to an activating group) is 1. The van der Waals surface area contributed by atoms with Gasteiger partial charge in [-0.15, -0.1) is 0 Å². The normalized spacial score (nSPS) is 21.1. The summed E-state index contributed by atoms with van der Waals surface area (Å²) >= 11 is 2.14. The lowest BCUT2D eigenvalue weighted by Gasteiger charge is -2.45. The zero-order chi connectivity index (χ0) is 28.4. The van der Waals surface area contributed by atoms with Crippen LogP contribution in [0.25, 0.3) is 0 Å². The standard InChI is InChI=1S/C29H39FIN2O5/c1-18-9-10-21(14-23(18)30)26(37-25-13-19(2)22(15-24(25)31)27(34)36-8)17-32-11-12-33(7,20(3)16-32)28(35)38-29(4,5)6/h9-10,13-15,20,26H,11-12,16-17H2,1-8H3/q+1/t20-,26-,33?/m1/s1. The quantitative estimate of drug-likeness (QED) is 0.218. The van der Waals surface area contributed by atoms with Crippen LogP contribution in [-0.2, 0) is 9.47 Å². The summed E-state index contributed by atoms with van der Waals surface area (Å²) in [5, 5.41) is 0. The highest BCUT2D eigenvalue weighted by atomic mass is 127. The lowest BCUT2D eigenvalue weighted by atomic mass is 10.0. The molecule has 1 amide bonds. The van der Waals surface area contributed by atoms with Crippen LogP contribution < -0.4 is 4.74 Å². The largest absolute Gasteiger partial charge is 0.516 e. The van der Waals surface area contributed by atoms with Crippen LogP contribution in [0.3, 0.4) is 0 Å². The van der Waals surface area contributed by atoms with Crippen LogP contribution in [-0.4, -0.2) is 73.4 Å². The summed E-state index contributed by atoms with van der Waals surface area (Å²) in [5.74, 6) is -0.0806. The molecule has 1 aliphatic rings. The third kappa shape index (κ3) is 7.04. The van der Waals surface area contributed by atoms with Crippen molar-refractivity contribution in [3.05, 3.63) is 62.0 Å². The molecular weight excluding hydrogens is 602 g/mol. The summed E-state index contributed by atoms with van der Waals surface area (Å²) in [4.78, 5) is 27.4. The van der Waals surface area contributed by atoms with Gasteiger partial charge in [0, 0.05) is 13.1 Å². The molecule has 1 unspecified atom stereocenters. The Balaban J connectivity index is 1.86. The zero-order valence-electron chi connectivity index (χ0n) is 23.6. The molecular formula is C29H39FIN2O5+. The maximum absolute atomic E-state index is 14.6. The molecule has 1 fully saturated rings. The van der Waals surface area contributed by atoms with Gasteiger partial charge in [-0.3, -0.25) is 4.90 Å². The molecule has 1 saturated heterocycles. The number of aryl methyl sites for hydroxylation is 2. The lowest BCUT2D eigenvalue weighted by Crippen LogP contribution is -2.66. The molecule has 0 saturated carbocycles. The first-order valence-corrected chi connectivity index (χ1v) is 13.8. The minimum absolute atomic E-state index is 0.00396. The van der Waals surface area contributed by atoms with Crippen LogP contribution in [0.1, 0.15) is 60.8 Å². The Labute approximate surface area is 239 Å². The number of carbonyl (C=O) groups excluding carboxylic acids is 2. The molecule has 208 valence electrons. The van der Waals surface area contributed by atoms with Gasteiger partial charge in [-0.05, 0) is 99.0 Å². The highest BCUT2D eigenvalue weighted by Crippen LogP contribution is 2.32. The minimum Gasteiger partial charge on any atom is -0.483 e. The van der Waals surface area contributed by atoms with E-state index in [0.29, 0.717) is 43.1 Å². The molecule has 0 aromatic heterocycles. The van der Waals surface area contributed by atoms with Gasteiger partial charge in [-0.1, -0.05) is 12.1 Å². The molecule has 2 aromatic carbocycles. The van der Waals surface area contributed by atoms with E-state index in [1.807, 2.05) is 46.9 Å². The van der Waals surface area contributed by atoms with Gasteiger partial charge >= 0.3 is 12.1 Å². The Hall–Kier alpha value is -2.24. The molecule has 0 spiro atoms. The van der Waals surface area contributed by atoms with Gasteiger partial charge in [-0.2, -0.15) is 4.79 Å². The molecule has 2 aromatic rings. The number of benzene rings is 2. The van der Waals surface area contributed by atoms with Crippen molar-refractivity contribution < 1.29 is 32.7 Å². The Morgan fingerprint density at radius 1 is 1.18 bits per heavy atom. The topological polar surface area (TPSA) is 65.1 Å². The van der Waals surface area contributed by atoms with Crippen LogP contribution in [0.2, 0.25) is 0 Å². The van der Waals surface area contributed by atoms with Crippen LogP contribution in [0.5, 0.6) is 5.75 Å². The van der Waals surface area contributed by atoms with E-state index in [-0.39, 0.29) is 22.4 Å². The van der Waals surface area contributed by atoms with Crippen LogP contribution >= 0.6 is 22.6 Å². The monoisotopic (exact) mass is 641 g/mol. The summed E-state index contributed by atoms with van der Waals surface area (Å²) in [7, 11) is 3.28. The predicted molar refractivity (Wildman–Crippen MR) is 153 cm³/mol. The first-order valence-electron chi connectivity index (χ1n) is 12.8. The number of amides is 1. The van der Waals surface area contributed by atoms with E-state index in [4.69, 9.17) is 14.2 Å². The van der Waals surface area contributed by atoms with Crippen molar-refractivity contribution in [3.8, 4) is 5.75 Å². The second kappa shape index (κ2) is 11.9. The van der Waals surface area contributed by atoms with Crippen molar-refractivity contribution in [1.82, 2.24) is 4.90 Å². The zero-order valence-corrected chi connectivity index (χ0v) is 25.7. The number of carbonyl (C=O) groups is 2. The Kier molecular flexibility index (Phi) is 9.47. The van der Waals surface area contributed by atoms with E-state index in [0.717, 1.165) is 14.7 Å². The fourth-order valence-electron chi connectivity index (χ4n) is 4.50. The number of halogens is 2. The molecule has 1 heterocycles. The van der Waals surface area contributed by atoms with Crippen molar-refractivity contribution in [3.63, 3.8) is 0 Å². The van der Waals surface area contributed by atoms with Gasteiger partial charge in [0.05, 0.1) is 29.8 Å². The van der Waals surface area contributed by atoms with E-state index in [1.54, 1.807) is 19.1 Å². The average molecular weight is 642 g/mol. The first-order chi connectivity index (χ1) is 17.6. The van der Waals surface area contributed by atoms with Gasteiger partial charge < -0.3 is 14.2 Å². The maximum atomic E-state index is 14.6. The molecule has 3 atom stereocenters. The van der Waals surface area contributed by atoms with Gasteiger partial charge in [0.25, 0.3) is 0 Å². The number of piperazine rings is 1. The Morgan fingerprint density at radius 3 is 2.45 bits per heavy atom. The molecule has 1 aliphatic heterocycles. The molecule has 0 N–H and O–H groups in total. The molecule has 3 rings (SSSR count). The number of hydrogen-bond acceptors (Lipinski definition) is 6. The maximum Gasteiger partial charge on any atom is 0.516 e. The minimum atomic E-state index is -0.553. The molecule has 9 heteroatoms. The summed E-state index contributed by atoms with van der Waals surface area (Å²) in [6.45, 7) is 13.7. The summed E-state index contributed by atoms with van der Waals surface area (Å²) in [6.07, 6.45) is -0.693. The van der Waals surface area contributed by atoms with Crippen LogP contribution in [0.4, 0.5) is 9.18 Å². The van der Waals surface area contributed by atoms with E-state index >= 15 is 0 Å². The van der Waals surface area contributed by atoms with Gasteiger partial charge in [0.15, 0.2) is 0 Å². The molecule has 0 bridgehead atoms. The highest BCUT2D eigenvalue weighted by molar-refractivity contribution is 14.1. The summed E-state index contributed by atoms with van der Waals surface area (Å²) in [6, 6.07) is 8.73.